The molecule has 1 heterocycles. The van der Waals surface area contributed by atoms with Crippen LogP contribution in [0.4, 0.5) is 0 Å². The van der Waals surface area contributed by atoms with Crippen LogP contribution < -0.4 is 10.1 Å². The second kappa shape index (κ2) is 10.1. The molecule has 168 valence electrons. The summed E-state index contributed by atoms with van der Waals surface area (Å²) in [5, 5.41) is 3.32. The number of carbonyl (C=O) groups excluding carboxylic acids is 2. The van der Waals surface area contributed by atoms with Crippen molar-refractivity contribution in [1.29, 1.82) is 0 Å². The van der Waals surface area contributed by atoms with E-state index in [-0.39, 0.29) is 11.8 Å². The summed E-state index contributed by atoms with van der Waals surface area (Å²) in [5.41, 5.74) is 2.59. The van der Waals surface area contributed by atoms with Crippen LogP contribution in [0.3, 0.4) is 0 Å². The Labute approximate surface area is 188 Å². The first-order chi connectivity index (χ1) is 15.6. The van der Waals surface area contributed by atoms with Crippen LogP contribution in [0, 0.1) is 0 Å². The first kappa shape index (κ1) is 22.2. The fourth-order valence-corrected chi connectivity index (χ4v) is 3.93. The average Bonchev–Trinajstić information content (AvgIpc) is 3.69. The van der Waals surface area contributed by atoms with Crippen LogP contribution in [0.2, 0.25) is 0 Å². The minimum Gasteiger partial charge on any atom is -0.463 e. The molecular formula is C26H29NO5. The molecule has 3 atom stereocenters. The Hall–Kier alpha value is -2.96. The van der Waals surface area contributed by atoms with Crippen molar-refractivity contribution in [3.8, 4) is 5.75 Å². The lowest BCUT2D eigenvalue weighted by Gasteiger charge is -2.36. The molecule has 4 rings (SSSR count). The number of carbonyl (C=O) groups is 2. The van der Waals surface area contributed by atoms with Gasteiger partial charge in [-0.05, 0) is 55.0 Å². The van der Waals surface area contributed by atoms with Crippen molar-refractivity contribution in [3.05, 3.63) is 77.9 Å². The standard InChI is InChI=1S/C26H29NO5/c1-3-22(32-23(28)4-2)24-26(30-16-15-27-24)31-21-13-11-20(12-14-21)25(29)19-9-7-18(8-10-19)17-5-6-17/h4,7-14,17,22,24,26-27H,2-3,5-6,15-16H2,1H3. The van der Waals surface area contributed by atoms with Crippen molar-refractivity contribution in [2.75, 3.05) is 13.2 Å². The highest BCUT2D eigenvalue weighted by Crippen LogP contribution is 2.40. The van der Waals surface area contributed by atoms with Gasteiger partial charge >= 0.3 is 5.97 Å². The molecule has 2 aliphatic rings. The van der Waals surface area contributed by atoms with Crippen molar-refractivity contribution in [1.82, 2.24) is 5.32 Å². The van der Waals surface area contributed by atoms with Crippen molar-refractivity contribution >= 4 is 11.8 Å². The third kappa shape index (κ3) is 5.26. The predicted octanol–water partition coefficient (Wildman–Crippen LogP) is 4.00. The molecule has 0 aromatic heterocycles. The molecule has 2 fully saturated rings. The van der Waals surface area contributed by atoms with Crippen LogP contribution >= 0.6 is 0 Å². The molecule has 0 spiro atoms. The summed E-state index contributed by atoms with van der Waals surface area (Å²) in [4.78, 5) is 24.5. The molecular weight excluding hydrogens is 406 g/mol. The van der Waals surface area contributed by atoms with Gasteiger partial charge in [0.1, 0.15) is 17.9 Å². The number of benzene rings is 2. The molecule has 0 amide bonds. The predicted molar refractivity (Wildman–Crippen MR) is 121 cm³/mol. The summed E-state index contributed by atoms with van der Waals surface area (Å²) in [7, 11) is 0. The second-order valence-corrected chi connectivity index (χ2v) is 8.17. The van der Waals surface area contributed by atoms with Crippen LogP contribution in [0.15, 0.2) is 61.2 Å². The van der Waals surface area contributed by atoms with Crippen LogP contribution in [0.25, 0.3) is 0 Å². The van der Waals surface area contributed by atoms with Gasteiger partial charge in [-0.1, -0.05) is 37.8 Å². The Balaban J connectivity index is 1.41. The normalized spacial score (nSPS) is 21.4. The lowest BCUT2D eigenvalue weighted by Crippen LogP contribution is -2.57. The van der Waals surface area contributed by atoms with Crippen LogP contribution in [-0.4, -0.2) is 43.3 Å². The van der Waals surface area contributed by atoms with Gasteiger partial charge in [0.15, 0.2) is 5.78 Å². The topological polar surface area (TPSA) is 73.9 Å². The molecule has 2 aromatic carbocycles. The smallest absolute Gasteiger partial charge is 0.330 e. The van der Waals surface area contributed by atoms with Gasteiger partial charge in [0.25, 0.3) is 0 Å². The Kier molecular flexibility index (Phi) is 7.02. The van der Waals surface area contributed by atoms with Crippen molar-refractivity contribution in [3.63, 3.8) is 0 Å². The molecule has 1 aliphatic carbocycles. The lowest BCUT2D eigenvalue weighted by atomic mass is 10.0. The van der Waals surface area contributed by atoms with E-state index in [9.17, 15) is 9.59 Å². The molecule has 32 heavy (non-hydrogen) atoms. The van der Waals surface area contributed by atoms with Gasteiger partial charge in [0, 0.05) is 23.7 Å². The quantitative estimate of drug-likeness (QED) is 0.365. The Morgan fingerprint density at radius 2 is 1.78 bits per heavy atom. The van der Waals surface area contributed by atoms with Gasteiger partial charge < -0.3 is 19.5 Å². The number of hydrogen-bond acceptors (Lipinski definition) is 6. The summed E-state index contributed by atoms with van der Waals surface area (Å²) in [5.74, 6) is 0.753. The molecule has 0 radical (unpaired) electrons. The SMILES string of the molecule is C=CC(=O)OC(CC)C1NCCOC1Oc1ccc(C(=O)c2ccc(C3CC3)cc2)cc1. The van der Waals surface area contributed by atoms with E-state index in [1.165, 1.54) is 18.4 Å². The highest BCUT2D eigenvalue weighted by atomic mass is 16.7. The number of rotatable bonds is 9. The third-order valence-electron chi connectivity index (χ3n) is 5.88. The molecule has 1 aliphatic heterocycles. The molecule has 6 nitrogen and oxygen atoms in total. The molecule has 6 heteroatoms. The maximum absolute atomic E-state index is 12.8. The summed E-state index contributed by atoms with van der Waals surface area (Å²) < 4.78 is 17.3. The third-order valence-corrected chi connectivity index (χ3v) is 5.88. The first-order valence-electron chi connectivity index (χ1n) is 11.2. The zero-order valence-corrected chi connectivity index (χ0v) is 18.3. The minimum atomic E-state index is -0.622. The van der Waals surface area contributed by atoms with Crippen LogP contribution in [0.1, 0.15) is 53.6 Å². The van der Waals surface area contributed by atoms with Gasteiger partial charge in [-0.2, -0.15) is 0 Å². The fourth-order valence-electron chi connectivity index (χ4n) is 3.93. The number of hydrogen-bond donors (Lipinski definition) is 1. The van der Waals surface area contributed by atoms with E-state index in [0.29, 0.717) is 42.4 Å². The number of ketones is 1. The molecule has 1 saturated carbocycles. The number of nitrogens with one attached hydrogen (secondary N) is 1. The molecule has 1 N–H and O–H groups in total. The fraction of sp³-hybridized carbons (Fsp3) is 0.385. The molecule has 3 unspecified atom stereocenters. The first-order valence-corrected chi connectivity index (χ1v) is 11.2. The number of morpholine rings is 1. The van der Waals surface area contributed by atoms with Gasteiger partial charge in [-0.3, -0.25) is 4.79 Å². The Bertz CT molecular complexity index is 949. The Morgan fingerprint density at radius 1 is 1.12 bits per heavy atom. The summed E-state index contributed by atoms with van der Waals surface area (Å²) in [6.45, 7) is 6.52. The maximum atomic E-state index is 12.8. The molecule has 1 saturated heterocycles. The summed E-state index contributed by atoms with van der Waals surface area (Å²) in [6, 6.07) is 14.6. The second-order valence-electron chi connectivity index (χ2n) is 8.17. The lowest BCUT2D eigenvalue weighted by molar-refractivity contribution is -0.166. The van der Waals surface area contributed by atoms with E-state index in [4.69, 9.17) is 14.2 Å². The number of esters is 1. The van der Waals surface area contributed by atoms with E-state index in [1.807, 2.05) is 19.1 Å². The largest absolute Gasteiger partial charge is 0.463 e. The molecule has 2 aromatic rings. The highest BCUT2D eigenvalue weighted by Gasteiger charge is 2.35. The summed E-state index contributed by atoms with van der Waals surface area (Å²) >= 11 is 0. The monoisotopic (exact) mass is 435 g/mol. The minimum absolute atomic E-state index is 0.0188. The maximum Gasteiger partial charge on any atom is 0.330 e. The Morgan fingerprint density at radius 3 is 2.38 bits per heavy atom. The number of ether oxygens (including phenoxy) is 3. The van der Waals surface area contributed by atoms with Crippen molar-refractivity contribution in [2.45, 2.75) is 50.5 Å². The van der Waals surface area contributed by atoms with E-state index >= 15 is 0 Å². The van der Waals surface area contributed by atoms with Crippen molar-refractivity contribution < 1.29 is 23.8 Å². The molecule has 0 bridgehead atoms. The summed E-state index contributed by atoms with van der Waals surface area (Å²) in [6.07, 6.45) is 3.20. The van der Waals surface area contributed by atoms with E-state index in [0.717, 1.165) is 6.08 Å². The van der Waals surface area contributed by atoms with Gasteiger partial charge in [-0.25, -0.2) is 4.79 Å². The van der Waals surface area contributed by atoms with E-state index in [1.54, 1.807) is 24.3 Å². The average molecular weight is 436 g/mol. The zero-order valence-electron chi connectivity index (χ0n) is 18.3. The van der Waals surface area contributed by atoms with Crippen LogP contribution in [0.5, 0.6) is 5.75 Å². The highest BCUT2D eigenvalue weighted by molar-refractivity contribution is 6.09. The van der Waals surface area contributed by atoms with E-state index < -0.39 is 18.4 Å². The zero-order chi connectivity index (χ0) is 22.5. The van der Waals surface area contributed by atoms with Gasteiger partial charge in [0.05, 0.1) is 6.61 Å². The van der Waals surface area contributed by atoms with Gasteiger partial charge in [0.2, 0.25) is 6.29 Å². The van der Waals surface area contributed by atoms with E-state index in [2.05, 4.69) is 24.0 Å². The van der Waals surface area contributed by atoms with Gasteiger partial charge in [-0.15, -0.1) is 0 Å². The van der Waals surface area contributed by atoms with Crippen molar-refractivity contribution in [2.24, 2.45) is 0 Å². The van der Waals surface area contributed by atoms with Crippen LogP contribution in [-0.2, 0) is 14.3 Å².